The molecule has 0 aliphatic rings. The highest BCUT2D eigenvalue weighted by molar-refractivity contribution is 6.37. The summed E-state index contributed by atoms with van der Waals surface area (Å²) in [6.07, 6.45) is -4.27. The van der Waals surface area contributed by atoms with Crippen LogP contribution in [0.25, 0.3) is 0 Å². The molecule has 0 bridgehead atoms. The second-order valence-electron chi connectivity index (χ2n) is 5.98. The first-order chi connectivity index (χ1) is 13.6. The number of hydrogen-bond donors (Lipinski definition) is 2. The molecule has 0 radical (unpaired) electrons. The number of nitrogens with zero attached hydrogens (tertiary/aromatic N) is 2. The number of phenolic OH excluding ortho intramolecular Hbond substituents is 1. The third-order valence-electron chi connectivity index (χ3n) is 3.84. The van der Waals surface area contributed by atoms with Gasteiger partial charge in [0.25, 0.3) is 0 Å². The van der Waals surface area contributed by atoms with Gasteiger partial charge in [-0.05, 0) is 35.4 Å². The molecule has 3 rings (SSSR count). The van der Waals surface area contributed by atoms with Crippen LogP contribution in [0.3, 0.4) is 0 Å². The van der Waals surface area contributed by atoms with Gasteiger partial charge in [-0.15, -0.1) is 0 Å². The fraction of sp³-hybridized carbons (Fsp3) is 0.167. The van der Waals surface area contributed by atoms with Crippen molar-refractivity contribution in [3.05, 3.63) is 74.8 Å². The summed E-state index contributed by atoms with van der Waals surface area (Å²) >= 11 is 11.7. The maximum Gasteiger partial charge on any atom is 0.416 e. The highest BCUT2D eigenvalue weighted by Gasteiger charge is 2.29. The molecule has 0 atom stereocenters. The third kappa shape index (κ3) is 5.18. The number of phenols is 1. The van der Waals surface area contributed by atoms with Crippen molar-refractivity contribution in [3.8, 4) is 5.75 Å². The first-order valence-corrected chi connectivity index (χ1v) is 8.83. The van der Waals surface area contributed by atoms with Gasteiger partial charge in [-0.2, -0.15) is 18.2 Å². The van der Waals surface area contributed by atoms with E-state index in [9.17, 15) is 23.1 Å². The van der Waals surface area contributed by atoms with E-state index in [0.717, 1.165) is 12.1 Å². The normalized spacial score (nSPS) is 11.5. The fourth-order valence-corrected chi connectivity index (χ4v) is 2.92. The van der Waals surface area contributed by atoms with Crippen LogP contribution >= 0.6 is 23.2 Å². The third-order valence-corrected chi connectivity index (χ3v) is 4.41. The van der Waals surface area contributed by atoms with Gasteiger partial charge in [0.05, 0.1) is 15.6 Å². The first kappa shape index (κ1) is 20.9. The fourth-order valence-electron chi connectivity index (χ4n) is 2.39. The number of hydrogen-bond acceptors (Lipinski definition) is 5. The van der Waals surface area contributed by atoms with Crippen molar-refractivity contribution >= 4 is 29.1 Å². The van der Waals surface area contributed by atoms with Gasteiger partial charge in [0.15, 0.2) is 11.6 Å². The Morgan fingerprint density at radius 1 is 1.10 bits per heavy atom. The van der Waals surface area contributed by atoms with Crippen LogP contribution in [-0.4, -0.2) is 21.2 Å². The van der Waals surface area contributed by atoms with Gasteiger partial charge in [-0.3, -0.25) is 4.79 Å². The molecule has 1 heterocycles. The smallest absolute Gasteiger partial charge is 0.416 e. The maximum atomic E-state index is 12.6. The van der Waals surface area contributed by atoms with Crippen molar-refractivity contribution in [2.24, 2.45) is 0 Å². The van der Waals surface area contributed by atoms with Crippen LogP contribution in [-0.2, 0) is 19.1 Å². The Morgan fingerprint density at radius 2 is 1.72 bits per heavy atom. The van der Waals surface area contributed by atoms with Gasteiger partial charge >= 0.3 is 18.0 Å². The molecule has 0 aliphatic carbocycles. The molecule has 0 aliphatic heterocycles. The van der Waals surface area contributed by atoms with E-state index in [-0.39, 0.29) is 40.5 Å². The summed E-state index contributed by atoms with van der Waals surface area (Å²) in [6, 6.07) is 7.34. The number of aromatic nitrogens is 2. The van der Waals surface area contributed by atoms with Crippen molar-refractivity contribution in [1.82, 2.24) is 15.5 Å². The van der Waals surface area contributed by atoms with Crippen LogP contribution in [0, 0.1) is 0 Å². The molecule has 3 aromatic rings. The highest BCUT2D eigenvalue weighted by Crippen LogP contribution is 2.33. The molecule has 0 saturated carbocycles. The van der Waals surface area contributed by atoms with Gasteiger partial charge in [0, 0.05) is 13.0 Å². The summed E-state index contributed by atoms with van der Waals surface area (Å²) < 4.78 is 42.6. The van der Waals surface area contributed by atoms with E-state index in [1.165, 1.54) is 24.3 Å². The summed E-state index contributed by atoms with van der Waals surface area (Å²) in [5.74, 6) is -1.04. The standard InChI is InChI=1S/C18H12Cl2F3N3O3/c19-12-5-10(6-13(20)15(12)27)7-14-25-17(29-26-14)16(28)24-8-9-1-3-11(4-2-9)18(21,22)23/h1-6,27H,7-8H2,(H,24,28). The molecule has 152 valence electrons. The average molecular weight is 446 g/mol. The zero-order chi connectivity index (χ0) is 21.2. The largest absolute Gasteiger partial charge is 0.505 e. The molecule has 0 fully saturated rings. The minimum atomic E-state index is -4.42. The molecule has 2 aromatic carbocycles. The van der Waals surface area contributed by atoms with Crippen LogP contribution in [0.15, 0.2) is 40.9 Å². The van der Waals surface area contributed by atoms with E-state index in [1.54, 1.807) is 0 Å². The minimum absolute atomic E-state index is 0.0160. The Bertz CT molecular complexity index is 1010. The SMILES string of the molecule is O=C(NCc1ccc(C(F)(F)F)cc1)c1nc(Cc2cc(Cl)c(O)c(Cl)c2)no1. The first-order valence-electron chi connectivity index (χ1n) is 8.07. The molecule has 0 saturated heterocycles. The van der Waals surface area contributed by atoms with Crippen LogP contribution in [0.5, 0.6) is 5.75 Å². The van der Waals surface area contributed by atoms with Gasteiger partial charge in [0.2, 0.25) is 0 Å². The number of carbonyl (C=O) groups is 1. The Kier molecular flexibility index (Phi) is 5.99. The lowest BCUT2D eigenvalue weighted by atomic mass is 10.1. The van der Waals surface area contributed by atoms with Crippen LogP contribution < -0.4 is 5.32 Å². The number of halogens is 5. The summed E-state index contributed by atoms with van der Waals surface area (Å²) in [7, 11) is 0. The second kappa shape index (κ2) is 8.30. The molecular formula is C18H12Cl2F3N3O3. The Labute approximate surface area is 172 Å². The van der Waals surface area contributed by atoms with E-state index < -0.39 is 17.6 Å². The number of rotatable bonds is 5. The number of alkyl halides is 3. The Hall–Kier alpha value is -2.78. The number of amides is 1. The van der Waals surface area contributed by atoms with E-state index >= 15 is 0 Å². The van der Waals surface area contributed by atoms with E-state index in [0.29, 0.717) is 11.1 Å². The number of carbonyl (C=O) groups excluding carboxylic acids is 1. The quantitative estimate of drug-likeness (QED) is 0.597. The molecular weight excluding hydrogens is 434 g/mol. The molecule has 0 spiro atoms. The van der Waals surface area contributed by atoms with E-state index in [1.807, 2.05) is 0 Å². The molecule has 2 N–H and O–H groups in total. The summed E-state index contributed by atoms with van der Waals surface area (Å²) in [6.45, 7) is -0.0160. The van der Waals surface area contributed by atoms with Gasteiger partial charge in [-0.1, -0.05) is 40.5 Å². The zero-order valence-electron chi connectivity index (χ0n) is 14.4. The van der Waals surface area contributed by atoms with Gasteiger partial charge in [0.1, 0.15) is 0 Å². The lowest BCUT2D eigenvalue weighted by Crippen LogP contribution is -2.23. The lowest BCUT2D eigenvalue weighted by Gasteiger charge is -2.07. The van der Waals surface area contributed by atoms with Crippen molar-refractivity contribution in [1.29, 1.82) is 0 Å². The van der Waals surface area contributed by atoms with Crippen molar-refractivity contribution in [2.75, 3.05) is 0 Å². The second-order valence-corrected chi connectivity index (χ2v) is 6.79. The number of nitrogens with one attached hydrogen (secondary N) is 1. The monoisotopic (exact) mass is 445 g/mol. The van der Waals surface area contributed by atoms with E-state index in [4.69, 9.17) is 27.7 Å². The highest BCUT2D eigenvalue weighted by atomic mass is 35.5. The van der Waals surface area contributed by atoms with Gasteiger partial charge in [-0.25, -0.2) is 0 Å². The van der Waals surface area contributed by atoms with Crippen LogP contribution in [0.2, 0.25) is 10.0 Å². The average Bonchev–Trinajstić information content (AvgIpc) is 3.12. The maximum absolute atomic E-state index is 12.6. The number of benzene rings is 2. The van der Waals surface area contributed by atoms with Gasteiger partial charge < -0.3 is 14.9 Å². The van der Waals surface area contributed by atoms with E-state index in [2.05, 4.69) is 15.5 Å². The Morgan fingerprint density at radius 3 is 2.31 bits per heavy atom. The van der Waals surface area contributed by atoms with Crippen molar-refractivity contribution < 1.29 is 27.6 Å². The molecule has 29 heavy (non-hydrogen) atoms. The molecule has 11 heteroatoms. The summed E-state index contributed by atoms with van der Waals surface area (Å²) in [5, 5.41) is 15.9. The predicted octanol–water partition coefficient (Wildman–Crippen LogP) is 4.62. The number of aromatic hydroxyl groups is 1. The predicted molar refractivity (Wildman–Crippen MR) is 97.8 cm³/mol. The van der Waals surface area contributed by atoms with Crippen LogP contribution in [0.1, 0.15) is 33.2 Å². The van der Waals surface area contributed by atoms with Crippen molar-refractivity contribution in [3.63, 3.8) is 0 Å². The molecule has 1 aromatic heterocycles. The topological polar surface area (TPSA) is 88.2 Å². The molecule has 6 nitrogen and oxygen atoms in total. The minimum Gasteiger partial charge on any atom is -0.505 e. The summed E-state index contributed by atoms with van der Waals surface area (Å²) in [4.78, 5) is 16.1. The van der Waals surface area contributed by atoms with Crippen LogP contribution in [0.4, 0.5) is 13.2 Å². The Balaban J connectivity index is 1.61. The molecule has 0 unspecified atom stereocenters. The molecule has 1 amide bonds. The summed E-state index contributed by atoms with van der Waals surface area (Å²) in [5.41, 5.74) is 0.290. The zero-order valence-corrected chi connectivity index (χ0v) is 15.9. The lowest BCUT2D eigenvalue weighted by molar-refractivity contribution is -0.137. The van der Waals surface area contributed by atoms with Crippen molar-refractivity contribution in [2.45, 2.75) is 19.1 Å².